The summed E-state index contributed by atoms with van der Waals surface area (Å²) in [4.78, 5) is 23.9. The Kier molecular flexibility index (Phi) is 5.41. The fourth-order valence-electron chi connectivity index (χ4n) is 3.26. The average Bonchev–Trinajstić information content (AvgIpc) is 2.61. The molecule has 0 spiro atoms. The van der Waals surface area contributed by atoms with Gasteiger partial charge in [0.25, 0.3) is 0 Å². The highest BCUT2D eigenvalue weighted by molar-refractivity contribution is 7.99. The largest absolute Gasteiger partial charge is 0.433 e. The van der Waals surface area contributed by atoms with Crippen LogP contribution in [-0.4, -0.2) is 58.5 Å². The Labute approximate surface area is 149 Å². The van der Waals surface area contributed by atoms with Crippen molar-refractivity contribution in [3.05, 3.63) is 17.6 Å². The molecule has 3 rings (SSSR count). The van der Waals surface area contributed by atoms with Gasteiger partial charge in [0.15, 0.2) is 0 Å². The Morgan fingerprint density at radius 1 is 1.16 bits per heavy atom. The molecule has 0 aromatic carbocycles. The summed E-state index contributed by atoms with van der Waals surface area (Å²) in [6.07, 6.45) is -3.19. The molecule has 1 aromatic heterocycles. The van der Waals surface area contributed by atoms with E-state index in [1.165, 1.54) is 6.92 Å². The van der Waals surface area contributed by atoms with E-state index in [9.17, 15) is 18.0 Å². The molecule has 0 saturated carbocycles. The molecule has 0 atom stereocenters. The maximum absolute atomic E-state index is 12.9. The van der Waals surface area contributed by atoms with Crippen molar-refractivity contribution >= 4 is 23.5 Å². The maximum atomic E-state index is 12.9. The summed E-state index contributed by atoms with van der Waals surface area (Å²) in [5.74, 6) is 2.50. The number of amides is 1. The molecule has 9 heteroatoms. The number of hydrogen-bond acceptors (Lipinski definition) is 5. The highest BCUT2D eigenvalue weighted by Gasteiger charge is 2.35. The van der Waals surface area contributed by atoms with E-state index in [0.717, 1.165) is 30.7 Å². The number of nitrogens with zero attached hydrogens (tertiary/aromatic N) is 4. The van der Waals surface area contributed by atoms with Crippen LogP contribution in [0.1, 0.15) is 24.4 Å². The molecule has 2 aliphatic heterocycles. The summed E-state index contributed by atoms with van der Waals surface area (Å²) in [5, 5.41) is 0. The third kappa shape index (κ3) is 4.37. The summed E-state index contributed by atoms with van der Waals surface area (Å²) >= 11 is 1.86. The second kappa shape index (κ2) is 7.39. The number of halogens is 3. The van der Waals surface area contributed by atoms with E-state index < -0.39 is 11.9 Å². The maximum Gasteiger partial charge on any atom is 0.433 e. The molecule has 3 heterocycles. The second-order valence-electron chi connectivity index (χ2n) is 6.36. The Hall–Kier alpha value is -1.51. The third-order valence-electron chi connectivity index (χ3n) is 4.61. The lowest BCUT2D eigenvalue weighted by Crippen LogP contribution is -2.45. The fraction of sp³-hybridized carbons (Fsp3) is 0.688. The van der Waals surface area contributed by atoms with Gasteiger partial charge in [-0.05, 0) is 19.8 Å². The second-order valence-corrected chi connectivity index (χ2v) is 7.58. The van der Waals surface area contributed by atoms with Gasteiger partial charge in [0, 0.05) is 49.7 Å². The van der Waals surface area contributed by atoms with Crippen molar-refractivity contribution < 1.29 is 18.0 Å². The third-order valence-corrected chi connectivity index (χ3v) is 5.55. The summed E-state index contributed by atoms with van der Waals surface area (Å²) in [6, 6.07) is 0.997. The quantitative estimate of drug-likeness (QED) is 0.796. The van der Waals surface area contributed by atoms with Crippen molar-refractivity contribution in [3.63, 3.8) is 0 Å². The minimum absolute atomic E-state index is 0.0376. The predicted molar refractivity (Wildman–Crippen MR) is 90.6 cm³/mol. The number of hydrogen-bond donors (Lipinski definition) is 0. The number of aryl methyl sites for hydroxylation is 1. The first-order chi connectivity index (χ1) is 11.8. The van der Waals surface area contributed by atoms with Crippen molar-refractivity contribution in [1.29, 1.82) is 0 Å². The molecule has 138 valence electrons. The van der Waals surface area contributed by atoms with Gasteiger partial charge in [-0.25, -0.2) is 9.97 Å². The number of carbonyl (C=O) groups excluding carboxylic acids is 1. The van der Waals surface area contributed by atoms with Gasteiger partial charge in [0.1, 0.15) is 17.3 Å². The first-order valence-electron chi connectivity index (χ1n) is 8.39. The van der Waals surface area contributed by atoms with Crippen LogP contribution in [0.25, 0.3) is 0 Å². The summed E-state index contributed by atoms with van der Waals surface area (Å²) in [7, 11) is 0. The van der Waals surface area contributed by atoms with Crippen LogP contribution in [0.5, 0.6) is 0 Å². The number of thioether (sulfide) groups is 1. The number of piperidine rings is 1. The van der Waals surface area contributed by atoms with E-state index in [2.05, 4.69) is 9.97 Å². The molecule has 5 nitrogen and oxygen atoms in total. The SMILES string of the molecule is Cc1nc(N2CCC(C(=O)N3CCSCC3)CC2)cc(C(F)(F)F)n1. The molecular formula is C16H21F3N4OS. The predicted octanol–water partition coefficient (Wildman–Crippen LogP) is 2.60. The van der Waals surface area contributed by atoms with Crippen molar-refractivity contribution in [3.8, 4) is 0 Å². The molecular weight excluding hydrogens is 353 g/mol. The lowest BCUT2D eigenvalue weighted by atomic mass is 9.95. The zero-order valence-electron chi connectivity index (χ0n) is 14.1. The zero-order chi connectivity index (χ0) is 18.0. The summed E-state index contributed by atoms with van der Waals surface area (Å²) in [6.45, 7) is 4.12. The topological polar surface area (TPSA) is 49.3 Å². The number of alkyl halides is 3. The molecule has 2 fully saturated rings. The van der Waals surface area contributed by atoms with Crippen LogP contribution in [0, 0.1) is 12.8 Å². The Morgan fingerprint density at radius 2 is 1.80 bits per heavy atom. The molecule has 2 aliphatic rings. The highest BCUT2D eigenvalue weighted by atomic mass is 32.2. The van der Waals surface area contributed by atoms with Gasteiger partial charge in [-0.15, -0.1) is 0 Å². The first-order valence-corrected chi connectivity index (χ1v) is 9.54. The van der Waals surface area contributed by atoms with E-state index in [0.29, 0.717) is 31.7 Å². The zero-order valence-corrected chi connectivity index (χ0v) is 14.9. The Bertz CT molecular complexity index is 626. The van der Waals surface area contributed by atoms with Crippen LogP contribution in [0.15, 0.2) is 6.07 Å². The number of rotatable bonds is 2. The van der Waals surface area contributed by atoms with Crippen molar-refractivity contribution in [2.45, 2.75) is 25.9 Å². The lowest BCUT2D eigenvalue weighted by molar-refractivity contribution is -0.141. The number of aromatic nitrogens is 2. The Morgan fingerprint density at radius 3 is 2.40 bits per heavy atom. The molecule has 0 bridgehead atoms. The van der Waals surface area contributed by atoms with E-state index in [1.807, 2.05) is 21.6 Å². The summed E-state index contributed by atoms with van der Waals surface area (Å²) < 4.78 is 38.8. The van der Waals surface area contributed by atoms with Crippen molar-refractivity contribution in [2.24, 2.45) is 5.92 Å². The molecule has 0 aliphatic carbocycles. The molecule has 1 aromatic rings. The van der Waals surface area contributed by atoms with Crippen molar-refractivity contribution in [1.82, 2.24) is 14.9 Å². The van der Waals surface area contributed by atoms with Crippen LogP contribution in [0.2, 0.25) is 0 Å². The standard InChI is InChI=1S/C16H21F3N4OS/c1-11-20-13(16(17,18)19)10-14(21-11)22-4-2-12(3-5-22)15(24)23-6-8-25-9-7-23/h10,12H,2-9H2,1H3. The molecule has 0 N–H and O–H groups in total. The molecule has 0 radical (unpaired) electrons. The van der Waals surface area contributed by atoms with Crippen LogP contribution in [0.4, 0.5) is 19.0 Å². The van der Waals surface area contributed by atoms with Gasteiger partial charge < -0.3 is 9.80 Å². The molecule has 25 heavy (non-hydrogen) atoms. The molecule has 0 unspecified atom stereocenters. The van der Waals surface area contributed by atoms with Gasteiger partial charge in [-0.3, -0.25) is 4.79 Å². The van der Waals surface area contributed by atoms with Gasteiger partial charge >= 0.3 is 6.18 Å². The van der Waals surface area contributed by atoms with Crippen LogP contribution >= 0.6 is 11.8 Å². The average molecular weight is 374 g/mol. The van der Waals surface area contributed by atoms with Gasteiger partial charge in [0.2, 0.25) is 5.91 Å². The first kappa shape index (κ1) is 18.3. The van der Waals surface area contributed by atoms with Gasteiger partial charge in [-0.1, -0.05) is 0 Å². The van der Waals surface area contributed by atoms with E-state index in [-0.39, 0.29) is 17.6 Å². The monoisotopic (exact) mass is 374 g/mol. The van der Waals surface area contributed by atoms with Crippen LogP contribution in [0.3, 0.4) is 0 Å². The van der Waals surface area contributed by atoms with E-state index in [4.69, 9.17) is 0 Å². The molecule has 1 amide bonds. The Balaban J connectivity index is 1.64. The minimum atomic E-state index is -4.48. The van der Waals surface area contributed by atoms with Gasteiger partial charge in [0.05, 0.1) is 0 Å². The lowest BCUT2D eigenvalue weighted by Gasteiger charge is -2.36. The fourth-order valence-corrected chi connectivity index (χ4v) is 4.16. The summed E-state index contributed by atoms with van der Waals surface area (Å²) in [5.41, 5.74) is -0.918. The van der Waals surface area contributed by atoms with Crippen molar-refractivity contribution in [2.75, 3.05) is 42.6 Å². The van der Waals surface area contributed by atoms with E-state index in [1.54, 1.807) is 0 Å². The highest BCUT2D eigenvalue weighted by Crippen LogP contribution is 2.31. The normalized spacial score (nSPS) is 20.0. The van der Waals surface area contributed by atoms with E-state index >= 15 is 0 Å². The molecule has 2 saturated heterocycles. The van der Waals surface area contributed by atoms with Gasteiger partial charge in [-0.2, -0.15) is 24.9 Å². The van der Waals surface area contributed by atoms with Crippen LogP contribution < -0.4 is 4.90 Å². The number of anilines is 1. The smallest absolute Gasteiger partial charge is 0.356 e. The van der Waals surface area contributed by atoms with Crippen LogP contribution in [-0.2, 0) is 11.0 Å². The number of carbonyl (C=O) groups is 1. The minimum Gasteiger partial charge on any atom is -0.356 e.